The van der Waals surface area contributed by atoms with Gasteiger partial charge in [-0.25, -0.2) is 9.67 Å². The van der Waals surface area contributed by atoms with E-state index in [-0.39, 0.29) is 5.69 Å². The molecule has 3 aromatic heterocycles. The number of rotatable bonds is 4. The van der Waals surface area contributed by atoms with Crippen molar-refractivity contribution in [3.63, 3.8) is 0 Å². The molecule has 29 heavy (non-hydrogen) atoms. The topological polar surface area (TPSA) is 98.7 Å². The number of benzene rings is 1. The molecule has 3 heterocycles. The van der Waals surface area contributed by atoms with Crippen molar-refractivity contribution >= 4 is 39.1 Å². The Morgan fingerprint density at radius 1 is 1.21 bits per heavy atom. The first-order valence-corrected chi connectivity index (χ1v) is 9.69. The fourth-order valence-electron chi connectivity index (χ4n) is 2.80. The summed E-state index contributed by atoms with van der Waals surface area (Å²) in [5.74, 6) is 0.716. The van der Waals surface area contributed by atoms with E-state index in [9.17, 15) is 4.79 Å². The van der Waals surface area contributed by atoms with Gasteiger partial charge in [-0.3, -0.25) is 4.79 Å². The van der Waals surface area contributed by atoms with E-state index in [1.807, 2.05) is 19.1 Å². The first-order valence-electron chi connectivity index (χ1n) is 8.52. The SMILES string of the molecule is Cc1nnc(-c2cccc(C)c2NC(=O)c2cc(Br)nn2-c2ncccc2Cl)o1. The molecule has 0 radical (unpaired) electrons. The smallest absolute Gasteiger partial charge is 0.274 e. The van der Waals surface area contributed by atoms with E-state index in [0.29, 0.717) is 38.5 Å². The molecule has 0 unspecified atom stereocenters. The van der Waals surface area contributed by atoms with Crippen molar-refractivity contribution in [2.45, 2.75) is 13.8 Å². The van der Waals surface area contributed by atoms with Gasteiger partial charge in [0.2, 0.25) is 11.8 Å². The Hall–Kier alpha value is -3.04. The van der Waals surface area contributed by atoms with Gasteiger partial charge in [-0.15, -0.1) is 10.2 Å². The van der Waals surface area contributed by atoms with Crippen molar-refractivity contribution in [1.29, 1.82) is 0 Å². The van der Waals surface area contributed by atoms with Crippen LogP contribution in [0.5, 0.6) is 0 Å². The molecule has 1 aromatic carbocycles. The van der Waals surface area contributed by atoms with Crippen LogP contribution in [0.3, 0.4) is 0 Å². The van der Waals surface area contributed by atoms with Crippen LogP contribution in [0.2, 0.25) is 5.02 Å². The number of anilines is 1. The van der Waals surface area contributed by atoms with Crippen molar-refractivity contribution in [1.82, 2.24) is 25.0 Å². The summed E-state index contributed by atoms with van der Waals surface area (Å²) >= 11 is 9.55. The van der Waals surface area contributed by atoms with E-state index in [1.165, 1.54) is 4.68 Å². The summed E-state index contributed by atoms with van der Waals surface area (Å²) in [4.78, 5) is 17.4. The highest BCUT2D eigenvalue weighted by atomic mass is 79.9. The van der Waals surface area contributed by atoms with Gasteiger partial charge in [0.25, 0.3) is 5.91 Å². The van der Waals surface area contributed by atoms with E-state index in [0.717, 1.165) is 5.56 Å². The van der Waals surface area contributed by atoms with Crippen LogP contribution in [-0.4, -0.2) is 30.9 Å². The lowest BCUT2D eigenvalue weighted by atomic mass is 10.1. The summed E-state index contributed by atoms with van der Waals surface area (Å²) in [5.41, 5.74) is 2.29. The fourth-order valence-corrected chi connectivity index (χ4v) is 3.38. The molecular weight excluding hydrogens is 460 g/mol. The van der Waals surface area contributed by atoms with Gasteiger partial charge in [0.05, 0.1) is 16.3 Å². The van der Waals surface area contributed by atoms with E-state index in [1.54, 1.807) is 37.4 Å². The number of hydrogen-bond acceptors (Lipinski definition) is 6. The number of nitrogens with one attached hydrogen (secondary N) is 1. The third-order valence-electron chi connectivity index (χ3n) is 4.12. The molecule has 0 fully saturated rings. The molecule has 1 N–H and O–H groups in total. The number of nitrogens with zero attached hydrogens (tertiary/aromatic N) is 5. The quantitative estimate of drug-likeness (QED) is 0.465. The second kappa shape index (κ2) is 7.76. The maximum atomic E-state index is 13.1. The Morgan fingerprint density at radius 3 is 2.76 bits per heavy atom. The second-order valence-electron chi connectivity index (χ2n) is 6.15. The molecule has 0 aliphatic heterocycles. The molecular formula is C19H14BrClN6O2. The van der Waals surface area contributed by atoms with E-state index in [2.05, 4.69) is 41.5 Å². The van der Waals surface area contributed by atoms with Crippen LogP contribution in [0, 0.1) is 13.8 Å². The zero-order valence-electron chi connectivity index (χ0n) is 15.3. The molecule has 0 saturated carbocycles. The number of aryl methyl sites for hydroxylation is 2. The molecule has 0 aliphatic rings. The number of carbonyl (C=O) groups excluding carboxylic acids is 1. The largest absolute Gasteiger partial charge is 0.421 e. The van der Waals surface area contributed by atoms with Crippen molar-refractivity contribution in [3.05, 3.63) is 69.4 Å². The Bertz CT molecular complexity index is 1220. The molecule has 1 amide bonds. The number of pyridine rings is 1. The monoisotopic (exact) mass is 472 g/mol. The third-order valence-corrected chi connectivity index (χ3v) is 4.80. The van der Waals surface area contributed by atoms with Crippen LogP contribution in [-0.2, 0) is 0 Å². The predicted molar refractivity (Wildman–Crippen MR) is 111 cm³/mol. The molecule has 0 saturated heterocycles. The first-order chi connectivity index (χ1) is 13.9. The summed E-state index contributed by atoms with van der Waals surface area (Å²) < 4.78 is 7.40. The summed E-state index contributed by atoms with van der Waals surface area (Å²) in [5, 5.41) is 15.5. The molecule has 8 nitrogen and oxygen atoms in total. The lowest BCUT2D eigenvalue weighted by Gasteiger charge is -2.13. The number of carbonyl (C=O) groups is 1. The second-order valence-corrected chi connectivity index (χ2v) is 7.37. The molecule has 4 aromatic rings. The molecule has 4 rings (SSSR count). The van der Waals surface area contributed by atoms with Crippen molar-refractivity contribution in [3.8, 4) is 17.3 Å². The Labute approximate surface area is 179 Å². The van der Waals surface area contributed by atoms with Gasteiger partial charge in [0, 0.05) is 19.2 Å². The van der Waals surface area contributed by atoms with Gasteiger partial charge in [0.1, 0.15) is 10.3 Å². The van der Waals surface area contributed by atoms with Crippen molar-refractivity contribution in [2.24, 2.45) is 0 Å². The van der Waals surface area contributed by atoms with Crippen LogP contribution >= 0.6 is 27.5 Å². The summed E-state index contributed by atoms with van der Waals surface area (Å²) in [6.45, 7) is 3.59. The molecule has 146 valence electrons. The average molecular weight is 474 g/mol. The summed E-state index contributed by atoms with van der Waals surface area (Å²) in [6.07, 6.45) is 1.58. The molecule has 0 spiro atoms. The van der Waals surface area contributed by atoms with Crippen LogP contribution < -0.4 is 5.32 Å². The zero-order valence-corrected chi connectivity index (χ0v) is 17.7. The normalized spacial score (nSPS) is 10.9. The van der Waals surface area contributed by atoms with Crippen molar-refractivity contribution in [2.75, 3.05) is 5.32 Å². The molecule has 0 aliphatic carbocycles. The average Bonchev–Trinajstić information content (AvgIpc) is 3.29. The Balaban J connectivity index is 1.75. The van der Waals surface area contributed by atoms with Crippen LogP contribution in [0.4, 0.5) is 5.69 Å². The minimum absolute atomic E-state index is 0.258. The van der Waals surface area contributed by atoms with E-state index < -0.39 is 5.91 Å². The van der Waals surface area contributed by atoms with E-state index in [4.69, 9.17) is 16.0 Å². The highest BCUT2D eigenvalue weighted by molar-refractivity contribution is 9.10. The Morgan fingerprint density at radius 2 is 2.03 bits per heavy atom. The molecule has 0 atom stereocenters. The molecule has 0 bridgehead atoms. The summed E-state index contributed by atoms with van der Waals surface area (Å²) in [6, 6.07) is 10.5. The zero-order chi connectivity index (χ0) is 20.5. The van der Waals surface area contributed by atoms with Gasteiger partial charge < -0.3 is 9.73 Å². The highest BCUT2D eigenvalue weighted by Crippen LogP contribution is 2.31. The maximum Gasteiger partial charge on any atom is 0.274 e. The summed E-state index contributed by atoms with van der Waals surface area (Å²) in [7, 11) is 0. The van der Waals surface area contributed by atoms with Gasteiger partial charge >= 0.3 is 0 Å². The minimum atomic E-state index is -0.392. The highest BCUT2D eigenvalue weighted by Gasteiger charge is 2.21. The number of hydrogen-bond donors (Lipinski definition) is 1. The molecule has 10 heteroatoms. The van der Waals surface area contributed by atoms with Gasteiger partial charge in [-0.05, 0) is 46.6 Å². The van der Waals surface area contributed by atoms with Crippen molar-refractivity contribution < 1.29 is 9.21 Å². The van der Waals surface area contributed by atoms with E-state index >= 15 is 0 Å². The van der Waals surface area contributed by atoms with Gasteiger partial charge in [0.15, 0.2) is 5.82 Å². The van der Waals surface area contributed by atoms with Gasteiger partial charge in [-0.1, -0.05) is 23.7 Å². The third kappa shape index (κ3) is 3.79. The van der Waals surface area contributed by atoms with Crippen LogP contribution in [0.15, 0.2) is 51.6 Å². The minimum Gasteiger partial charge on any atom is -0.421 e. The fraction of sp³-hybridized carbons (Fsp3) is 0.105. The Kier molecular flexibility index (Phi) is 5.16. The number of aromatic nitrogens is 5. The first kappa shape index (κ1) is 19.3. The number of halogens is 2. The number of para-hydroxylation sites is 1. The predicted octanol–water partition coefficient (Wildman–Crippen LogP) is 4.60. The van der Waals surface area contributed by atoms with Gasteiger partial charge in [-0.2, -0.15) is 5.10 Å². The van der Waals surface area contributed by atoms with Crippen LogP contribution in [0.1, 0.15) is 21.9 Å². The standard InChI is InChI=1S/C19H14BrClN6O2/c1-10-5-3-6-12(19-25-24-11(2)29-19)16(10)23-18(28)14-9-15(20)26-27(14)17-13(21)7-4-8-22-17/h3-9H,1-2H3,(H,23,28). The number of amides is 1. The lowest BCUT2D eigenvalue weighted by Crippen LogP contribution is -2.18. The lowest BCUT2D eigenvalue weighted by molar-refractivity contribution is 0.101. The maximum absolute atomic E-state index is 13.1. The van der Waals surface area contributed by atoms with Crippen LogP contribution in [0.25, 0.3) is 17.3 Å².